The number of halogens is 2. The largest absolute Gasteiger partial charge is 0.495 e. The van der Waals surface area contributed by atoms with Crippen molar-refractivity contribution < 1.29 is 22.7 Å². The van der Waals surface area contributed by atoms with E-state index in [2.05, 4.69) is 10.0 Å². The standard InChI is InChI=1S/C22H20Cl2N2O5S/c1-14-3-4-16(12-19(14)23)26-32(28,29)18-8-6-17(7-9-18)31-13-22(27)25-15-5-10-21(30-2)20(24)11-15/h3-12,26H,13H2,1-2H3,(H,25,27). The van der Waals surface area contributed by atoms with Crippen molar-refractivity contribution in [3.8, 4) is 11.5 Å². The number of amides is 1. The third-order valence-electron chi connectivity index (χ3n) is 4.36. The van der Waals surface area contributed by atoms with E-state index in [0.29, 0.717) is 32.9 Å². The zero-order valence-corrected chi connectivity index (χ0v) is 19.5. The van der Waals surface area contributed by atoms with Crippen LogP contribution in [0.2, 0.25) is 10.0 Å². The van der Waals surface area contributed by atoms with Gasteiger partial charge in [-0.05, 0) is 67.1 Å². The number of benzene rings is 3. The average Bonchev–Trinajstić information content (AvgIpc) is 2.75. The molecular weight excluding hydrogens is 475 g/mol. The molecule has 0 aliphatic carbocycles. The Morgan fingerprint density at radius 3 is 2.22 bits per heavy atom. The van der Waals surface area contributed by atoms with Gasteiger partial charge >= 0.3 is 0 Å². The molecule has 0 aromatic heterocycles. The highest BCUT2D eigenvalue weighted by Crippen LogP contribution is 2.27. The van der Waals surface area contributed by atoms with E-state index in [1.54, 1.807) is 36.4 Å². The van der Waals surface area contributed by atoms with Crippen molar-refractivity contribution in [1.29, 1.82) is 0 Å². The van der Waals surface area contributed by atoms with Crippen molar-refractivity contribution in [2.24, 2.45) is 0 Å². The summed E-state index contributed by atoms with van der Waals surface area (Å²) in [6.45, 7) is 1.56. The number of ether oxygens (including phenoxy) is 2. The molecule has 32 heavy (non-hydrogen) atoms. The third kappa shape index (κ3) is 6.06. The number of methoxy groups -OCH3 is 1. The Morgan fingerprint density at radius 1 is 0.938 bits per heavy atom. The molecule has 1 amide bonds. The first-order valence-electron chi connectivity index (χ1n) is 9.33. The predicted octanol–water partition coefficient (Wildman–Crippen LogP) is 5.13. The minimum Gasteiger partial charge on any atom is -0.495 e. The molecule has 0 bridgehead atoms. The quantitative estimate of drug-likeness (QED) is 0.452. The van der Waals surface area contributed by atoms with Crippen LogP contribution in [-0.4, -0.2) is 28.0 Å². The van der Waals surface area contributed by atoms with Gasteiger partial charge in [-0.3, -0.25) is 9.52 Å². The zero-order valence-electron chi connectivity index (χ0n) is 17.2. The topological polar surface area (TPSA) is 93.7 Å². The lowest BCUT2D eigenvalue weighted by Gasteiger charge is -2.11. The number of carbonyl (C=O) groups excluding carboxylic acids is 1. The maximum Gasteiger partial charge on any atom is 0.262 e. The van der Waals surface area contributed by atoms with Gasteiger partial charge in [0.05, 0.1) is 22.7 Å². The number of carbonyl (C=O) groups is 1. The predicted molar refractivity (Wildman–Crippen MR) is 126 cm³/mol. The fourth-order valence-corrected chi connectivity index (χ4v) is 4.16. The van der Waals surface area contributed by atoms with Crippen molar-refractivity contribution in [1.82, 2.24) is 0 Å². The molecule has 168 valence electrons. The van der Waals surface area contributed by atoms with Gasteiger partial charge in [0.25, 0.3) is 15.9 Å². The molecule has 0 atom stereocenters. The molecule has 0 aliphatic heterocycles. The highest BCUT2D eigenvalue weighted by atomic mass is 35.5. The van der Waals surface area contributed by atoms with E-state index in [4.69, 9.17) is 32.7 Å². The van der Waals surface area contributed by atoms with Crippen molar-refractivity contribution in [3.63, 3.8) is 0 Å². The summed E-state index contributed by atoms with van der Waals surface area (Å²) in [4.78, 5) is 12.1. The Hall–Kier alpha value is -2.94. The summed E-state index contributed by atoms with van der Waals surface area (Å²) >= 11 is 12.1. The molecule has 0 heterocycles. The number of hydrogen-bond acceptors (Lipinski definition) is 5. The Morgan fingerprint density at radius 2 is 1.59 bits per heavy atom. The Kier molecular flexibility index (Phi) is 7.50. The average molecular weight is 495 g/mol. The summed E-state index contributed by atoms with van der Waals surface area (Å²) < 4.78 is 38.1. The second kappa shape index (κ2) is 10.1. The van der Waals surface area contributed by atoms with E-state index in [-0.39, 0.29) is 11.5 Å². The second-order valence-electron chi connectivity index (χ2n) is 6.73. The summed E-state index contributed by atoms with van der Waals surface area (Å²) in [7, 11) is -2.31. The third-order valence-corrected chi connectivity index (χ3v) is 6.46. The lowest BCUT2D eigenvalue weighted by molar-refractivity contribution is -0.118. The van der Waals surface area contributed by atoms with Crippen LogP contribution in [0.25, 0.3) is 0 Å². The highest BCUT2D eigenvalue weighted by Gasteiger charge is 2.15. The van der Waals surface area contributed by atoms with Crippen LogP contribution in [0.1, 0.15) is 5.56 Å². The van der Waals surface area contributed by atoms with Gasteiger partial charge in [-0.2, -0.15) is 0 Å². The molecule has 7 nitrogen and oxygen atoms in total. The molecule has 0 saturated heterocycles. The first-order chi connectivity index (χ1) is 15.2. The van der Waals surface area contributed by atoms with E-state index in [9.17, 15) is 13.2 Å². The molecule has 10 heteroatoms. The van der Waals surface area contributed by atoms with Crippen LogP contribution in [-0.2, 0) is 14.8 Å². The molecule has 0 spiro atoms. The maximum absolute atomic E-state index is 12.6. The molecule has 2 N–H and O–H groups in total. The number of rotatable bonds is 8. The van der Waals surface area contributed by atoms with E-state index < -0.39 is 15.9 Å². The van der Waals surface area contributed by atoms with Gasteiger partial charge in [-0.15, -0.1) is 0 Å². The fraction of sp³-hybridized carbons (Fsp3) is 0.136. The number of sulfonamides is 1. The van der Waals surface area contributed by atoms with Gasteiger partial charge in [0.1, 0.15) is 11.5 Å². The van der Waals surface area contributed by atoms with Crippen molar-refractivity contribution in [2.75, 3.05) is 23.8 Å². The normalized spacial score (nSPS) is 11.0. The number of nitrogens with one attached hydrogen (secondary N) is 2. The van der Waals surface area contributed by atoms with Crippen LogP contribution in [0.5, 0.6) is 11.5 Å². The molecule has 3 aromatic rings. The summed E-state index contributed by atoms with van der Waals surface area (Å²) in [6, 6.07) is 15.4. The lowest BCUT2D eigenvalue weighted by atomic mass is 10.2. The number of aryl methyl sites for hydroxylation is 1. The second-order valence-corrected chi connectivity index (χ2v) is 9.22. The van der Waals surface area contributed by atoms with Crippen LogP contribution in [0.4, 0.5) is 11.4 Å². The number of hydrogen-bond donors (Lipinski definition) is 2. The smallest absolute Gasteiger partial charge is 0.262 e. The van der Waals surface area contributed by atoms with E-state index in [1.165, 1.54) is 31.4 Å². The molecule has 3 rings (SSSR count). The van der Waals surface area contributed by atoms with Crippen molar-refractivity contribution in [2.45, 2.75) is 11.8 Å². The van der Waals surface area contributed by atoms with Gasteiger partial charge in [0.15, 0.2) is 6.61 Å². The fourth-order valence-electron chi connectivity index (χ4n) is 2.68. The zero-order chi connectivity index (χ0) is 23.3. The molecule has 0 aliphatic rings. The van der Waals surface area contributed by atoms with Crippen molar-refractivity contribution in [3.05, 3.63) is 76.3 Å². The van der Waals surface area contributed by atoms with E-state index in [0.717, 1.165) is 5.56 Å². The molecule has 0 radical (unpaired) electrons. The van der Waals surface area contributed by atoms with Gasteiger partial charge in [0, 0.05) is 10.7 Å². The first kappa shape index (κ1) is 23.7. The minimum atomic E-state index is -3.81. The Balaban J connectivity index is 1.58. The molecule has 0 saturated carbocycles. The SMILES string of the molecule is COc1ccc(NC(=O)COc2ccc(S(=O)(=O)Nc3ccc(C)c(Cl)c3)cc2)cc1Cl. The number of anilines is 2. The summed E-state index contributed by atoms with van der Waals surface area (Å²) in [5.41, 5.74) is 1.69. The van der Waals surface area contributed by atoms with Gasteiger partial charge < -0.3 is 14.8 Å². The highest BCUT2D eigenvalue weighted by molar-refractivity contribution is 7.92. The molecule has 0 unspecified atom stereocenters. The molecule has 3 aromatic carbocycles. The first-order valence-corrected chi connectivity index (χ1v) is 11.6. The van der Waals surface area contributed by atoms with Crippen LogP contribution >= 0.6 is 23.2 Å². The van der Waals surface area contributed by atoms with Crippen LogP contribution in [0.15, 0.2) is 65.6 Å². The van der Waals surface area contributed by atoms with Crippen LogP contribution < -0.4 is 19.5 Å². The van der Waals surface area contributed by atoms with E-state index in [1.807, 2.05) is 6.92 Å². The van der Waals surface area contributed by atoms with Crippen LogP contribution in [0, 0.1) is 6.92 Å². The monoisotopic (exact) mass is 494 g/mol. The van der Waals surface area contributed by atoms with E-state index >= 15 is 0 Å². The Labute approximate surface area is 196 Å². The molecule has 0 fully saturated rings. The minimum absolute atomic E-state index is 0.0406. The van der Waals surface area contributed by atoms with Crippen molar-refractivity contribution >= 4 is 50.5 Å². The van der Waals surface area contributed by atoms with Gasteiger partial charge in [-0.25, -0.2) is 8.42 Å². The summed E-state index contributed by atoms with van der Waals surface area (Å²) in [5.74, 6) is 0.432. The summed E-state index contributed by atoms with van der Waals surface area (Å²) in [5, 5.41) is 3.48. The molecular formula is C22H20Cl2N2O5S. The maximum atomic E-state index is 12.6. The summed E-state index contributed by atoms with van der Waals surface area (Å²) in [6.07, 6.45) is 0. The lowest BCUT2D eigenvalue weighted by Crippen LogP contribution is -2.20. The van der Waals surface area contributed by atoms with Gasteiger partial charge in [0.2, 0.25) is 0 Å². The Bertz CT molecular complexity index is 1230. The van der Waals surface area contributed by atoms with Crippen LogP contribution in [0.3, 0.4) is 0 Å². The van der Waals surface area contributed by atoms with Gasteiger partial charge in [-0.1, -0.05) is 29.3 Å².